The Balaban J connectivity index is 1.88. The van der Waals surface area contributed by atoms with E-state index >= 15 is 0 Å². The standard InChI is InChI=1S/C18H14ClN3/c1-13(14-7-3-2-4-8-14)22-20-12-16-11-15-9-5-6-10-17(15)21-18(16)19/h2-12H,1H3/b20-12?,22-13-. The summed E-state index contributed by atoms with van der Waals surface area (Å²) >= 11 is 6.18. The molecule has 0 saturated heterocycles. The normalized spacial score (nSPS) is 12.2. The summed E-state index contributed by atoms with van der Waals surface area (Å²) in [4.78, 5) is 4.36. The van der Waals surface area contributed by atoms with E-state index in [0.29, 0.717) is 5.15 Å². The van der Waals surface area contributed by atoms with Gasteiger partial charge in [0.25, 0.3) is 0 Å². The van der Waals surface area contributed by atoms with Gasteiger partial charge in [-0.2, -0.15) is 10.2 Å². The highest BCUT2D eigenvalue weighted by Gasteiger charge is 2.02. The summed E-state index contributed by atoms with van der Waals surface area (Å²) in [6, 6.07) is 19.7. The quantitative estimate of drug-likeness (QED) is 0.391. The van der Waals surface area contributed by atoms with Crippen LogP contribution in [0.15, 0.2) is 70.9 Å². The molecule has 0 amide bonds. The molecule has 0 spiro atoms. The Morgan fingerprint density at radius 2 is 1.77 bits per heavy atom. The van der Waals surface area contributed by atoms with E-state index in [4.69, 9.17) is 11.6 Å². The third kappa shape index (κ3) is 3.21. The van der Waals surface area contributed by atoms with Gasteiger partial charge in [0.1, 0.15) is 5.15 Å². The van der Waals surface area contributed by atoms with Crippen molar-refractivity contribution in [2.75, 3.05) is 0 Å². The van der Waals surface area contributed by atoms with E-state index in [1.54, 1.807) is 6.21 Å². The second-order valence-electron chi connectivity index (χ2n) is 4.86. The molecule has 0 atom stereocenters. The molecule has 0 N–H and O–H groups in total. The average Bonchev–Trinajstić information content (AvgIpc) is 2.56. The third-order valence-corrected chi connectivity index (χ3v) is 3.60. The van der Waals surface area contributed by atoms with Gasteiger partial charge >= 0.3 is 0 Å². The van der Waals surface area contributed by atoms with E-state index in [2.05, 4.69) is 15.2 Å². The van der Waals surface area contributed by atoms with E-state index in [1.165, 1.54) is 0 Å². The number of fused-ring (bicyclic) bond motifs is 1. The zero-order valence-electron chi connectivity index (χ0n) is 12.1. The average molecular weight is 308 g/mol. The van der Waals surface area contributed by atoms with Crippen LogP contribution in [0, 0.1) is 0 Å². The van der Waals surface area contributed by atoms with Crippen molar-refractivity contribution in [3.8, 4) is 0 Å². The Kier molecular flexibility index (Phi) is 4.26. The first-order chi connectivity index (χ1) is 10.7. The van der Waals surface area contributed by atoms with Crippen molar-refractivity contribution in [3.63, 3.8) is 0 Å². The fourth-order valence-electron chi connectivity index (χ4n) is 2.11. The highest BCUT2D eigenvalue weighted by Crippen LogP contribution is 2.19. The van der Waals surface area contributed by atoms with Crippen molar-refractivity contribution in [3.05, 3.63) is 76.9 Å². The van der Waals surface area contributed by atoms with Crippen LogP contribution in [0.25, 0.3) is 10.9 Å². The molecule has 3 rings (SSSR count). The molecule has 0 aliphatic rings. The number of hydrogen-bond acceptors (Lipinski definition) is 3. The molecule has 0 bridgehead atoms. The number of para-hydroxylation sites is 1. The smallest absolute Gasteiger partial charge is 0.138 e. The van der Waals surface area contributed by atoms with Gasteiger partial charge in [0.15, 0.2) is 0 Å². The Hall–Kier alpha value is -2.52. The maximum atomic E-state index is 6.18. The lowest BCUT2D eigenvalue weighted by atomic mass is 10.1. The van der Waals surface area contributed by atoms with E-state index in [9.17, 15) is 0 Å². The van der Waals surface area contributed by atoms with Crippen LogP contribution in [0.2, 0.25) is 5.15 Å². The molecule has 1 heterocycles. The SMILES string of the molecule is C/C(=N/N=Cc1cc2ccccc2nc1Cl)c1ccccc1. The molecule has 0 aliphatic carbocycles. The first kappa shape index (κ1) is 14.4. The second kappa shape index (κ2) is 6.50. The summed E-state index contributed by atoms with van der Waals surface area (Å²) in [5.41, 5.74) is 3.52. The fourth-order valence-corrected chi connectivity index (χ4v) is 2.31. The topological polar surface area (TPSA) is 37.6 Å². The van der Waals surface area contributed by atoms with Crippen LogP contribution < -0.4 is 0 Å². The molecule has 0 fully saturated rings. The maximum Gasteiger partial charge on any atom is 0.138 e. The molecule has 2 aromatic carbocycles. The van der Waals surface area contributed by atoms with Crippen molar-refractivity contribution >= 4 is 34.4 Å². The van der Waals surface area contributed by atoms with Gasteiger partial charge in [-0.05, 0) is 24.6 Å². The minimum Gasteiger partial charge on any atom is -0.235 e. The van der Waals surface area contributed by atoms with E-state index in [-0.39, 0.29) is 0 Å². The van der Waals surface area contributed by atoms with Crippen LogP contribution in [-0.4, -0.2) is 16.9 Å². The summed E-state index contributed by atoms with van der Waals surface area (Å²) in [5, 5.41) is 9.79. The molecular weight excluding hydrogens is 294 g/mol. The predicted molar refractivity (Wildman–Crippen MR) is 93.0 cm³/mol. The van der Waals surface area contributed by atoms with Gasteiger partial charge in [-0.25, -0.2) is 4.98 Å². The number of aromatic nitrogens is 1. The number of benzene rings is 2. The minimum absolute atomic E-state index is 0.426. The number of rotatable bonds is 3. The lowest BCUT2D eigenvalue weighted by molar-refractivity contribution is 1.24. The van der Waals surface area contributed by atoms with E-state index in [0.717, 1.165) is 27.7 Å². The zero-order valence-corrected chi connectivity index (χ0v) is 12.8. The highest BCUT2D eigenvalue weighted by molar-refractivity contribution is 6.32. The summed E-state index contributed by atoms with van der Waals surface area (Å²) in [7, 11) is 0. The van der Waals surface area contributed by atoms with Crippen LogP contribution in [0.4, 0.5) is 0 Å². The van der Waals surface area contributed by atoms with Crippen LogP contribution in [0.5, 0.6) is 0 Å². The predicted octanol–water partition coefficient (Wildman–Crippen LogP) is 4.73. The summed E-state index contributed by atoms with van der Waals surface area (Å²) in [6.07, 6.45) is 1.63. The molecule has 0 saturated carbocycles. The monoisotopic (exact) mass is 307 g/mol. The Labute approximate surface area is 134 Å². The Morgan fingerprint density at radius 3 is 2.59 bits per heavy atom. The van der Waals surface area contributed by atoms with Crippen molar-refractivity contribution in [1.29, 1.82) is 0 Å². The molecule has 0 unspecified atom stereocenters. The first-order valence-corrected chi connectivity index (χ1v) is 7.30. The van der Waals surface area contributed by atoms with Crippen LogP contribution in [0.1, 0.15) is 18.1 Å². The zero-order chi connectivity index (χ0) is 15.4. The van der Waals surface area contributed by atoms with Gasteiger partial charge in [0.2, 0.25) is 0 Å². The molecule has 3 aromatic rings. The van der Waals surface area contributed by atoms with Gasteiger partial charge in [-0.3, -0.25) is 0 Å². The van der Waals surface area contributed by atoms with Crippen molar-refractivity contribution in [2.24, 2.45) is 10.2 Å². The number of hydrogen-bond donors (Lipinski definition) is 0. The van der Waals surface area contributed by atoms with Gasteiger partial charge in [0.05, 0.1) is 17.4 Å². The molecule has 108 valence electrons. The lowest BCUT2D eigenvalue weighted by Crippen LogP contribution is -1.93. The van der Waals surface area contributed by atoms with Crippen molar-refractivity contribution < 1.29 is 0 Å². The summed E-state index contributed by atoms with van der Waals surface area (Å²) in [5.74, 6) is 0. The number of pyridine rings is 1. The van der Waals surface area contributed by atoms with Gasteiger partial charge in [-0.15, -0.1) is 0 Å². The lowest BCUT2D eigenvalue weighted by Gasteiger charge is -2.01. The Morgan fingerprint density at radius 1 is 1.05 bits per heavy atom. The second-order valence-corrected chi connectivity index (χ2v) is 5.22. The van der Waals surface area contributed by atoms with Gasteiger partial charge < -0.3 is 0 Å². The molecule has 0 radical (unpaired) electrons. The number of nitrogens with zero attached hydrogens (tertiary/aromatic N) is 3. The van der Waals surface area contributed by atoms with Crippen molar-refractivity contribution in [1.82, 2.24) is 4.98 Å². The fraction of sp³-hybridized carbons (Fsp3) is 0.0556. The molecule has 3 nitrogen and oxygen atoms in total. The first-order valence-electron chi connectivity index (χ1n) is 6.92. The van der Waals surface area contributed by atoms with Crippen LogP contribution in [0.3, 0.4) is 0 Å². The van der Waals surface area contributed by atoms with Gasteiger partial charge in [-0.1, -0.05) is 60.1 Å². The molecule has 1 aromatic heterocycles. The molecule has 22 heavy (non-hydrogen) atoms. The molecule has 0 aliphatic heterocycles. The van der Waals surface area contributed by atoms with Gasteiger partial charge in [0, 0.05) is 10.9 Å². The maximum absolute atomic E-state index is 6.18. The van der Waals surface area contributed by atoms with Crippen molar-refractivity contribution in [2.45, 2.75) is 6.92 Å². The largest absolute Gasteiger partial charge is 0.235 e. The minimum atomic E-state index is 0.426. The highest BCUT2D eigenvalue weighted by atomic mass is 35.5. The Bertz CT molecular complexity index is 855. The van der Waals surface area contributed by atoms with Crippen LogP contribution in [-0.2, 0) is 0 Å². The summed E-state index contributed by atoms with van der Waals surface area (Å²) in [6.45, 7) is 1.92. The summed E-state index contributed by atoms with van der Waals surface area (Å²) < 4.78 is 0. The van der Waals surface area contributed by atoms with E-state index in [1.807, 2.05) is 67.6 Å². The van der Waals surface area contributed by atoms with E-state index < -0.39 is 0 Å². The van der Waals surface area contributed by atoms with Crippen LogP contribution >= 0.6 is 11.6 Å². The number of halogens is 1. The third-order valence-electron chi connectivity index (χ3n) is 3.30. The molecular formula is C18H14ClN3. The molecule has 4 heteroatoms.